The summed E-state index contributed by atoms with van der Waals surface area (Å²) in [5, 5.41) is 0. The number of fused-ring (bicyclic) bond motifs is 1. The van der Waals surface area contributed by atoms with Gasteiger partial charge < -0.3 is 4.74 Å². The maximum atomic E-state index is 6.33. The fourth-order valence-corrected chi connectivity index (χ4v) is 3.12. The zero-order valence-electron chi connectivity index (χ0n) is 11.2. The summed E-state index contributed by atoms with van der Waals surface area (Å²) in [7, 11) is 0. The lowest BCUT2D eigenvalue weighted by Crippen LogP contribution is -2.45. The van der Waals surface area contributed by atoms with E-state index in [2.05, 4.69) is 32.9 Å². The Labute approximate surface area is 104 Å². The highest BCUT2D eigenvalue weighted by Crippen LogP contribution is 2.46. The van der Waals surface area contributed by atoms with E-state index in [-0.39, 0.29) is 5.60 Å². The van der Waals surface area contributed by atoms with Crippen molar-refractivity contribution in [3.8, 4) is 5.75 Å². The van der Waals surface area contributed by atoms with Crippen molar-refractivity contribution in [1.29, 1.82) is 0 Å². The van der Waals surface area contributed by atoms with E-state index < -0.39 is 0 Å². The van der Waals surface area contributed by atoms with Crippen LogP contribution in [0.25, 0.3) is 0 Å². The van der Waals surface area contributed by atoms with Crippen molar-refractivity contribution >= 4 is 0 Å². The number of hydrogen-bond donors (Lipinski definition) is 0. The normalized spacial score (nSPS) is 20.9. The van der Waals surface area contributed by atoms with Crippen LogP contribution in [0.15, 0.2) is 12.1 Å². The highest BCUT2D eigenvalue weighted by atomic mass is 16.5. The number of benzene rings is 1. The van der Waals surface area contributed by atoms with Gasteiger partial charge in [0, 0.05) is 0 Å². The van der Waals surface area contributed by atoms with Gasteiger partial charge in [-0.05, 0) is 67.7 Å². The van der Waals surface area contributed by atoms with Crippen molar-refractivity contribution in [3.63, 3.8) is 0 Å². The van der Waals surface area contributed by atoms with Crippen LogP contribution in [0.5, 0.6) is 5.75 Å². The monoisotopic (exact) mass is 230 g/mol. The molecule has 1 nitrogen and oxygen atoms in total. The SMILES string of the molecule is Cc1cc(C(C)C)cc2c1CCC1(CCC1)O2. The molecule has 0 aromatic heterocycles. The van der Waals surface area contributed by atoms with E-state index in [9.17, 15) is 0 Å². The lowest BCUT2D eigenvalue weighted by molar-refractivity contribution is -0.0251. The summed E-state index contributed by atoms with van der Waals surface area (Å²) in [4.78, 5) is 0. The van der Waals surface area contributed by atoms with Gasteiger partial charge >= 0.3 is 0 Å². The first-order valence-electron chi connectivity index (χ1n) is 6.92. The minimum atomic E-state index is 0.217. The van der Waals surface area contributed by atoms with Crippen molar-refractivity contribution in [2.45, 2.75) is 64.4 Å². The van der Waals surface area contributed by atoms with Crippen LogP contribution in [0.3, 0.4) is 0 Å². The molecular weight excluding hydrogens is 208 g/mol. The Morgan fingerprint density at radius 1 is 1.18 bits per heavy atom. The first-order chi connectivity index (χ1) is 8.10. The zero-order chi connectivity index (χ0) is 12.0. The predicted octanol–water partition coefficient (Wildman–Crippen LogP) is 4.37. The van der Waals surface area contributed by atoms with Gasteiger partial charge in [0.1, 0.15) is 11.4 Å². The van der Waals surface area contributed by atoms with Crippen LogP contribution in [0.2, 0.25) is 0 Å². The Kier molecular flexibility index (Phi) is 2.46. The van der Waals surface area contributed by atoms with Crippen molar-refractivity contribution in [3.05, 3.63) is 28.8 Å². The predicted molar refractivity (Wildman–Crippen MR) is 70.8 cm³/mol. The lowest BCUT2D eigenvalue weighted by Gasteiger charge is -2.45. The second-order valence-electron chi connectivity index (χ2n) is 6.11. The van der Waals surface area contributed by atoms with Gasteiger partial charge in [-0.3, -0.25) is 0 Å². The van der Waals surface area contributed by atoms with E-state index in [4.69, 9.17) is 4.74 Å². The first kappa shape index (κ1) is 11.1. The summed E-state index contributed by atoms with van der Waals surface area (Å²) in [6.45, 7) is 6.74. The molecule has 17 heavy (non-hydrogen) atoms. The third-order valence-corrected chi connectivity index (χ3v) is 4.54. The molecule has 1 aromatic rings. The molecule has 1 fully saturated rings. The van der Waals surface area contributed by atoms with Crippen LogP contribution in [-0.2, 0) is 6.42 Å². The second-order valence-corrected chi connectivity index (χ2v) is 6.11. The van der Waals surface area contributed by atoms with Gasteiger partial charge in [0.25, 0.3) is 0 Å². The largest absolute Gasteiger partial charge is 0.487 e. The molecule has 0 unspecified atom stereocenters. The molecule has 0 bridgehead atoms. The van der Waals surface area contributed by atoms with Crippen LogP contribution in [-0.4, -0.2) is 5.60 Å². The van der Waals surface area contributed by atoms with Crippen molar-refractivity contribution in [2.75, 3.05) is 0 Å². The molecule has 2 aliphatic rings. The van der Waals surface area contributed by atoms with Gasteiger partial charge in [-0.2, -0.15) is 0 Å². The summed E-state index contributed by atoms with van der Waals surface area (Å²) in [6.07, 6.45) is 6.30. The molecule has 1 aromatic carbocycles. The zero-order valence-corrected chi connectivity index (χ0v) is 11.2. The maximum Gasteiger partial charge on any atom is 0.123 e. The van der Waals surface area contributed by atoms with E-state index in [1.54, 1.807) is 0 Å². The van der Waals surface area contributed by atoms with Crippen molar-refractivity contribution in [2.24, 2.45) is 0 Å². The molecule has 1 saturated carbocycles. The average Bonchev–Trinajstić information content (AvgIpc) is 2.26. The molecule has 3 rings (SSSR count). The van der Waals surface area contributed by atoms with Gasteiger partial charge in [-0.15, -0.1) is 0 Å². The molecular formula is C16H22O. The van der Waals surface area contributed by atoms with Gasteiger partial charge in [0.05, 0.1) is 0 Å². The maximum absolute atomic E-state index is 6.33. The van der Waals surface area contributed by atoms with E-state index in [0.717, 1.165) is 0 Å². The molecule has 1 heterocycles. The summed E-state index contributed by atoms with van der Waals surface area (Å²) < 4.78 is 6.33. The van der Waals surface area contributed by atoms with Crippen LogP contribution in [0, 0.1) is 6.92 Å². The van der Waals surface area contributed by atoms with Gasteiger partial charge in [-0.1, -0.05) is 19.9 Å². The van der Waals surface area contributed by atoms with Crippen molar-refractivity contribution in [1.82, 2.24) is 0 Å². The quantitative estimate of drug-likeness (QED) is 0.696. The third kappa shape index (κ3) is 1.76. The van der Waals surface area contributed by atoms with E-state index in [1.165, 1.54) is 54.5 Å². The average molecular weight is 230 g/mol. The lowest BCUT2D eigenvalue weighted by atomic mass is 9.74. The summed E-state index contributed by atoms with van der Waals surface area (Å²) in [5.74, 6) is 1.77. The number of rotatable bonds is 1. The van der Waals surface area contributed by atoms with Gasteiger partial charge in [0.2, 0.25) is 0 Å². The highest BCUT2D eigenvalue weighted by molar-refractivity contribution is 5.46. The highest BCUT2D eigenvalue weighted by Gasteiger charge is 2.42. The molecule has 1 aliphatic heterocycles. The fourth-order valence-electron chi connectivity index (χ4n) is 3.12. The summed E-state index contributed by atoms with van der Waals surface area (Å²) in [5.41, 5.74) is 4.50. The molecule has 0 radical (unpaired) electrons. The smallest absolute Gasteiger partial charge is 0.123 e. The molecule has 0 N–H and O–H groups in total. The first-order valence-corrected chi connectivity index (χ1v) is 6.92. The van der Waals surface area contributed by atoms with Gasteiger partial charge in [-0.25, -0.2) is 0 Å². The molecule has 92 valence electrons. The number of hydrogen-bond acceptors (Lipinski definition) is 1. The standard InChI is InChI=1S/C16H22O/c1-11(2)13-9-12(3)14-5-8-16(6-4-7-16)17-15(14)10-13/h9-11H,4-8H2,1-3H3. The van der Waals surface area contributed by atoms with Crippen LogP contribution >= 0.6 is 0 Å². The third-order valence-electron chi connectivity index (χ3n) is 4.54. The van der Waals surface area contributed by atoms with Crippen LogP contribution in [0.4, 0.5) is 0 Å². The number of aryl methyl sites for hydroxylation is 1. The Bertz CT molecular complexity index is 441. The molecule has 0 saturated heterocycles. The van der Waals surface area contributed by atoms with E-state index >= 15 is 0 Å². The summed E-state index contributed by atoms with van der Waals surface area (Å²) in [6, 6.07) is 4.62. The Hall–Kier alpha value is -0.980. The van der Waals surface area contributed by atoms with Crippen LogP contribution in [0.1, 0.15) is 62.1 Å². The van der Waals surface area contributed by atoms with Gasteiger partial charge in [0.15, 0.2) is 0 Å². The summed E-state index contributed by atoms with van der Waals surface area (Å²) >= 11 is 0. The molecule has 1 aliphatic carbocycles. The number of ether oxygens (including phenoxy) is 1. The Balaban J connectivity index is 1.99. The topological polar surface area (TPSA) is 9.23 Å². The molecule has 1 spiro atoms. The van der Waals surface area contributed by atoms with Crippen molar-refractivity contribution < 1.29 is 4.74 Å². The minimum Gasteiger partial charge on any atom is -0.487 e. The second kappa shape index (κ2) is 3.76. The Morgan fingerprint density at radius 2 is 1.94 bits per heavy atom. The van der Waals surface area contributed by atoms with E-state index in [0.29, 0.717) is 5.92 Å². The molecule has 0 amide bonds. The minimum absolute atomic E-state index is 0.217. The molecule has 1 heteroatoms. The van der Waals surface area contributed by atoms with E-state index in [1.807, 2.05) is 0 Å². The molecule has 0 atom stereocenters. The Morgan fingerprint density at radius 3 is 2.53 bits per heavy atom. The fraction of sp³-hybridized carbons (Fsp3) is 0.625. The van der Waals surface area contributed by atoms with Crippen LogP contribution < -0.4 is 4.74 Å².